The number of carboxylic acids is 2. The fraction of sp³-hybridized carbons (Fsp3) is 0.345. The maximum Gasteiger partial charge on any atom is 0.304 e. The predicted molar refractivity (Wildman–Crippen MR) is 288 cm³/mol. The number of benzene rings is 6. The van der Waals surface area contributed by atoms with E-state index in [-0.39, 0.29) is 41.7 Å². The summed E-state index contributed by atoms with van der Waals surface area (Å²) < 4.78 is 80.2. The van der Waals surface area contributed by atoms with Crippen LogP contribution in [0.3, 0.4) is 0 Å². The van der Waals surface area contributed by atoms with Crippen molar-refractivity contribution in [2.24, 2.45) is 0 Å². The highest BCUT2D eigenvalue weighted by atomic mass is 32.2. The van der Waals surface area contributed by atoms with Crippen LogP contribution in [0.5, 0.6) is 34.5 Å². The molecule has 0 saturated heterocycles. The molecule has 15 nitrogen and oxygen atoms in total. The van der Waals surface area contributed by atoms with Crippen LogP contribution < -0.4 is 28.4 Å². The van der Waals surface area contributed by atoms with E-state index in [1.54, 1.807) is 0 Å². The molecule has 0 saturated carbocycles. The van der Waals surface area contributed by atoms with Gasteiger partial charge in [-0.15, -0.1) is 0 Å². The highest BCUT2D eigenvalue weighted by molar-refractivity contribution is 7.90. The number of carboxylic acid groups (broad SMARTS) is 2. The lowest BCUT2D eigenvalue weighted by molar-refractivity contribution is -0.138. The van der Waals surface area contributed by atoms with Crippen molar-refractivity contribution < 1.29 is 70.5 Å². The molecule has 0 amide bonds. The Bertz CT molecular complexity index is 2960. The normalized spacial score (nSPS) is 14.4. The minimum absolute atomic E-state index is 0. The number of aryl methyl sites for hydroxylation is 4. The summed E-state index contributed by atoms with van der Waals surface area (Å²) in [6.45, 7) is 10.4. The SMILES string of the molecule is Cc1cc(OCCCS(C)(=O)=O)cc(C)c1-c1cccc(COc2ccc3c(c2)OC[C@H]3CC(=O)O)c1.Cc1cc(OCCCS(C)(=O)=O)cc(C)c1-c1cccc(COc2ccc3c(c2)OC[C@H]3CC(=O)O)c1.O. The first kappa shape index (κ1) is 57.2. The van der Waals surface area contributed by atoms with Gasteiger partial charge < -0.3 is 44.1 Å². The largest absolute Gasteiger partial charge is 0.494 e. The predicted octanol–water partition coefficient (Wildman–Crippen LogP) is 9.80. The van der Waals surface area contributed by atoms with Crippen molar-refractivity contribution in [1.82, 2.24) is 0 Å². The molecular formula is C58H66O15S2. The zero-order valence-corrected chi connectivity index (χ0v) is 44.8. The van der Waals surface area contributed by atoms with Crippen LogP contribution in [0.1, 0.15) is 82.0 Å². The van der Waals surface area contributed by atoms with Crippen LogP contribution in [0.25, 0.3) is 22.3 Å². The zero-order chi connectivity index (χ0) is 53.2. The van der Waals surface area contributed by atoms with Crippen LogP contribution in [-0.4, -0.2) is 94.9 Å². The summed E-state index contributed by atoms with van der Waals surface area (Å²) in [6, 6.07) is 35.4. The first-order chi connectivity index (χ1) is 35.2. The number of fused-ring (bicyclic) bond motifs is 2. The average Bonchev–Trinajstić information content (AvgIpc) is 3.92. The quantitative estimate of drug-likeness (QED) is 0.0603. The Morgan fingerprint density at radius 3 is 1.24 bits per heavy atom. The highest BCUT2D eigenvalue weighted by Crippen LogP contribution is 2.40. The Labute approximate surface area is 439 Å². The monoisotopic (exact) mass is 1070 g/mol. The molecule has 6 aromatic carbocycles. The molecule has 0 aromatic heterocycles. The molecule has 2 atom stereocenters. The second-order valence-corrected chi connectivity index (χ2v) is 23.6. The fourth-order valence-electron chi connectivity index (χ4n) is 9.37. The minimum Gasteiger partial charge on any atom is -0.494 e. The van der Waals surface area contributed by atoms with Gasteiger partial charge in [0, 0.05) is 47.6 Å². The molecule has 17 heteroatoms. The van der Waals surface area contributed by atoms with E-state index in [1.807, 2.05) is 113 Å². The van der Waals surface area contributed by atoms with Crippen LogP contribution >= 0.6 is 0 Å². The van der Waals surface area contributed by atoms with E-state index in [2.05, 4.69) is 24.3 Å². The number of sulfone groups is 2. The van der Waals surface area contributed by atoms with Crippen molar-refractivity contribution in [1.29, 1.82) is 0 Å². The van der Waals surface area contributed by atoms with E-state index < -0.39 is 31.6 Å². The van der Waals surface area contributed by atoms with Gasteiger partial charge in [-0.05, 0) is 145 Å². The number of hydrogen-bond donors (Lipinski definition) is 2. The van der Waals surface area contributed by atoms with Gasteiger partial charge >= 0.3 is 11.9 Å². The smallest absolute Gasteiger partial charge is 0.304 e. The highest BCUT2D eigenvalue weighted by Gasteiger charge is 2.28. The lowest BCUT2D eigenvalue weighted by Gasteiger charge is -2.15. The van der Waals surface area contributed by atoms with Crippen LogP contribution in [0.4, 0.5) is 0 Å². The molecule has 400 valence electrons. The molecule has 2 aliphatic heterocycles. The van der Waals surface area contributed by atoms with Gasteiger partial charge in [0.05, 0.1) is 50.8 Å². The third-order valence-corrected chi connectivity index (χ3v) is 14.7. The Morgan fingerprint density at radius 1 is 0.520 bits per heavy atom. The zero-order valence-electron chi connectivity index (χ0n) is 43.1. The molecule has 6 aromatic rings. The topological polar surface area (TPSA) is 230 Å². The Morgan fingerprint density at radius 2 is 0.893 bits per heavy atom. The Balaban J connectivity index is 0.000000241. The second kappa shape index (κ2) is 25.4. The summed E-state index contributed by atoms with van der Waals surface area (Å²) in [5.41, 5.74) is 12.5. The van der Waals surface area contributed by atoms with Gasteiger partial charge in [0.1, 0.15) is 67.4 Å². The van der Waals surface area contributed by atoms with Crippen molar-refractivity contribution in [3.8, 4) is 56.8 Å². The van der Waals surface area contributed by atoms with Gasteiger partial charge in [-0.3, -0.25) is 9.59 Å². The summed E-state index contributed by atoms with van der Waals surface area (Å²) in [6.07, 6.45) is 3.48. The third-order valence-electron chi connectivity index (χ3n) is 12.7. The Hall–Kier alpha value is -7.08. The van der Waals surface area contributed by atoms with Crippen molar-refractivity contribution in [3.05, 3.63) is 154 Å². The van der Waals surface area contributed by atoms with Gasteiger partial charge in [0.25, 0.3) is 0 Å². The molecule has 0 bridgehead atoms. The fourth-order valence-corrected chi connectivity index (χ4v) is 10.7. The summed E-state index contributed by atoms with van der Waals surface area (Å²) in [5.74, 6) is 2.47. The van der Waals surface area contributed by atoms with Gasteiger partial charge in [0.15, 0.2) is 0 Å². The van der Waals surface area contributed by atoms with E-state index in [1.165, 1.54) is 12.5 Å². The maximum absolute atomic E-state index is 11.3. The van der Waals surface area contributed by atoms with Crippen LogP contribution in [0, 0.1) is 27.7 Å². The van der Waals surface area contributed by atoms with E-state index in [9.17, 15) is 26.4 Å². The molecule has 0 fully saturated rings. The average molecular weight is 1070 g/mol. The van der Waals surface area contributed by atoms with Crippen LogP contribution in [0.15, 0.2) is 109 Å². The van der Waals surface area contributed by atoms with E-state index >= 15 is 0 Å². The van der Waals surface area contributed by atoms with Crippen molar-refractivity contribution in [2.75, 3.05) is 50.4 Å². The van der Waals surface area contributed by atoms with E-state index in [0.717, 1.165) is 78.3 Å². The molecule has 0 aliphatic carbocycles. The summed E-state index contributed by atoms with van der Waals surface area (Å²) in [7, 11) is -5.98. The molecule has 2 aliphatic rings. The minimum atomic E-state index is -2.99. The van der Waals surface area contributed by atoms with E-state index in [4.69, 9.17) is 38.6 Å². The molecule has 0 radical (unpaired) electrons. The lowest BCUT2D eigenvalue weighted by atomic mass is 9.94. The second-order valence-electron chi connectivity index (χ2n) is 19.1. The molecule has 8 rings (SSSR count). The van der Waals surface area contributed by atoms with Crippen molar-refractivity contribution in [2.45, 2.75) is 78.4 Å². The van der Waals surface area contributed by atoms with Crippen LogP contribution in [-0.2, 0) is 42.5 Å². The number of carbonyl (C=O) groups is 2. The van der Waals surface area contributed by atoms with Gasteiger partial charge in [-0.1, -0.05) is 48.5 Å². The molecule has 0 spiro atoms. The number of aliphatic carboxylic acids is 2. The molecule has 2 heterocycles. The molecule has 75 heavy (non-hydrogen) atoms. The van der Waals surface area contributed by atoms with Gasteiger partial charge in [-0.25, -0.2) is 16.8 Å². The summed E-state index contributed by atoms with van der Waals surface area (Å²) in [4.78, 5) is 22.1. The molecular weight excluding hydrogens is 1000 g/mol. The van der Waals surface area contributed by atoms with Gasteiger partial charge in [-0.2, -0.15) is 0 Å². The Kier molecular flexibility index (Phi) is 19.4. The van der Waals surface area contributed by atoms with Crippen molar-refractivity contribution >= 4 is 31.6 Å². The molecule has 4 N–H and O–H groups in total. The molecule has 0 unspecified atom stereocenters. The first-order valence-electron chi connectivity index (χ1n) is 24.4. The number of hydrogen-bond acceptors (Lipinski definition) is 12. The van der Waals surface area contributed by atoms with Gasteiger partial charge in [0.2, 0.25) is 0 Å². The number of ether oxygens (including phenoxy) is 6. The maximum atomic E-state index is 11.3. The van der Waals surface area contributed by atoms with Crippen molar-refractivity contribution in [3.63, 3.8) is 0 Å². The summed E-state index contributed by atoms with van der Waals surface area (Å²) in [5, 5.41) is 18.2. The first-order valence-corrected chi connectivity index (χ1v) is 28.5. The third kappa shape index (κ3) is 16.5. The standard InChI is InChI=1S/2C29H32O7S.H2O/c2*1-19-12-25(34-10-5-11-37(3,32)33)13-20(2)29(19)22-7-4-6-21(14-22)17-35-24-8-9-26-23(15-28(30)31)18-36-27(26)16-24;/h2*4,6-9,12-14,16,23H,5,10-11,15,17-18H2,1-3H3,(H,30,31);1H2/t2*23-;/m11./s1. The van der Waals surface area contributed by atoms with Crippen LogP contribution in [0.2, 0.25) is 0 Å². The summed E-state index contributed by atoms with van der Waals surface area (Å²) >= 11 is 0. The van der Waals surface area contributed by atoms with E-state index in [0.29, 0.717) is 75.5 Å². The lowest BCUT2D eigenvalue weighted by Crippen LogP contribution is -2.08. The number of rotatable bonds is 22.